The Hall–Kier alpha value is -2.25. The molecule has 0 unspecified atom stereocenters. The zero-order valence-corrected chi connectivity index (χ0v) is 13.4. The van der Waals surface area contributed by atoms with Crippen molar-refractivity contribution in [2.24, 2.45) is 0 Å². The average Bonchev–Trinajstić information content (AvgIpc) is 3.08. The second-order valence-corrected chi connectivity index (χ2v) is 5.98. The van der Waals surface area contributed by atoms with Crippen molar-refractivity contribution in [1.82, 2.24) is 15.0 Å². The molecule has 0 fully saturated rings. The fourth-order valence-corrected chi connectivity index (χ4v) is 2.50. The van der Waals surface area contributed by atoms with Crippen LogP contribution in [0.15, 0.2) is 42.0 Å². The summed E-state index contributed by atoms with van der Waals surface area (Å²) in [6.45, 7) is 0.715. The molecule has 0 aliphatic rings. The maximum absolute atomic E-state index is 13.8. The molecular formula is C15H12ClFN4OS. The standard InChI is InChI=1S/C15H12ClFN4OS/c16-13-4-3-10(6-18-13)7-19-14-12(17)8-20-15(21-14)22-9-11-2-1-5-23-11/h1-6,8H,7,9H2,(H,19,20,21). The maximum atomic E-state index is 13.8. The smallest absolute Gasteiger partial charge is 0.318 e. The molecule has 0 aliphatic carbocycles. The summed E-state index contributed by atoms with van der Waals surface area (Å²) in [5.74, 6) is -0.466. The van der Waals surface area contributed by atoms with Gasteiger partial charge in [0.15, 0.2) is 11.6 Å². The molecule has 0 amide bonds. The summed E-state index contributed by atoms with van der Waals surface area (Å²) >= 11 is 7.29. The van der Waals surface area contributed by atoms with E-state index >= 15 is 0 Å². The number of nitrogens with one attached hydrogen (secondary N) is 1. The fourth-order valence-electron chi connectivity index (χ4n) is 1.77. The summed E-state index contributed by atoms with van der Waals surface area (Å²) < 4.78 is 19.2. The van der Waals surface area contributed by atoms with Crippen LogP contribution in [0.3, 0.4) is 0 Å². The van der Waals surface area contributed by atoms with Crippen LogP contribution >= 0.6 is 22.9 Å². The van der Waals surface area contributed by atoms with Crippen LogP contribution in [0, 0.1) is 5.82 Å². The Balaban J connectivity index is 1.64. The Kier molecular flexibility index (Phi) is 4.99. The number of pyridine rings is 1. The van der Waals surface area contributed by atoms with E-state index in [2.05, 4.69) is 20.3 Å². The van der Waals surface area contributed by atoms with Crippen LogP contribution in [0.25, 0.3) is 0 Å². The Morgan fingerprint density at radius 3 is 2.87 bits per heavy atom. The van der Waals surface area contributed by atoms with E-state index in [0.717, 1.165) is 16.6 Å². The third kappa shape index (κ3) is 4.37. The highest BCUT2D eigenvalue weighted by atomic mass is 35.5. The second-order valence-electron chi connectivity index (χ2n) is 4.56. The maximum Gasteiger partial charge on any atom is 0.318 e. The van der Waals surface area contributed by atoms with Crippen LogP contribution in [0.4, 0.5) is 10.2 Å². The summed E-state index contributed by atoms with van der Waals surface area (Å²) in [5.41, 5.74) is 0.855. The van der Waals surface area contributed by atoms with Crippen molar-refractivity contribution < 1.29 is 9.13 Å². The van der Waals surface area contributed by atoms with Crippen molar-refractivity contribution in [2.75, 3.05) is 5.32 Å². The first-order valence-electron chi connectivity index (χ1n) is 6.73. The van der Waals surface area contributed by atoms with Gasteiger partial charge in [-0.3, -0.25) is 0 Å². The minimum Gasteiger partial charge on any atom is -0.458 e. The van der Waals surface area contributed by atoms with Crippen LogP contribution in [-0.4, -0.2) is 15.0 Å². The molecule has 8 heteroatoms. The van der Waals surface area contributed by atoms with Crippen molar-refractivity contribution in [3.63, 3.8) is 0 Å². The molecular weight excluding hydrogens is 339 g/mol. The van der Waals surface area contributed by atoms with Gasteiger partial charge in [0.1, 0.15) is 11.8 Å². The van der Waals surface area contributed by atoms with E-state index in [0.29, 0.717) is 18.3 Å². The van der Waals surface area contributed by atoms with Gasteiger partial charge in [0.05, 0.1) is 6.20 Å². The van der Waals surface area contributed by atoms with E-state index in [4.69, 9.17) is 16.3 Å². The number of halogens is 2. The Bertz CT molecular complexity index is 768. The topological polar surface area (TPSA) is 59.9 Å². The van der Waals surface area contributed by atoms with Gasteiger partial charge in [-0.05, 0) is 23.1 Å². The van der Waals surface area contributed by atoms with Gasteiger partial charge in [0.2, 0.25) is 0 Å². The van der Waals surface area contributed by atoms with Gasteiger partial charge in [-0.25, -0.2) is 14.4 Å². The van der Waals surface area contributed by atoms with E-state index in [9.17, 15) is 4.39 Å². The molecule has 0 bridgehead atoms. The minimum absolute atomic E-state index is 0.0797. The number of aromatic nitrogens is 3. The van der Waals surface area contributed by atoms with E-state index in [1.165, 1.54) is 0 Å². The molecule has 0 atom stereocenters. The van der Waals surface area contributed by atoms with Gasteiger partial charge in [0.25, 0.3) is 0 Å². The number of rotatable bonds is 6. The van der Waals surface area contributed by atoms with Crippen molar-refractivity contribution in [2.45, 2.75) is 13.2 Å². The van der Waals surface area contributed by atoms with Crippen molar-refractivity contribution in [3.8, 4) is 6.01 Å². The first-order chi connectivity index (χ1) is 11.2. The number of thiophene rings is 1. The molecule has 118 valence electrons. The van der Waals surface area contributed by atoms with Crippen molar-refractivity contribution in [3.05, 3.63) is 63.5 Å². The first-order valence-corrected chi connectivity index (χ1v) is 7.98. The van der Waals surface area contributed by atoms with E-state index in [1.807, 2.05) is 17.5 Å². The predicted molar refractivity (Wildman–Crippen MR) is 87.2 cm³/mol. The van der Waals surface area contributed by atoms with Gasteiger partial charge in [-0.2, -0.15) is 4.98 Å². The van der Waals surface area contributed by atoms with Gasteiger partial charge < -0.3 is 10.1 Å². The molecule has 3 heterocycles. The highest BCUT2D eigenvalue weighted by molar-refractivity contribution is 7.09. The second kappa shape index (κ2) is 7.34. The van der Waals surface area contributed by atoms with E-state index in [1.54, 1.807) is 29.7 Å². The highest BCUT2D eigenvalue weighted by Crippen LogP contribution is 2.17. The van der Waals surface area contributed by atoms with Crippen molar-refractivity contribution >= 4 is 28.8 Å². The molecule has 3 aromatic rings. The molecule has 0 aliphatic heterocycles. The number of hydrogen-bond acceptors (Lipinski definition) is 6. The lowest BCUT2D eigenvalue weighted by molar-refractivity contribution is 0.283. The Labute approximate surface area is 141 Å². The van der Waals surface area contributed by atoms with Crippen LogP contribution < -0.4 is 10.1 Å². The lowest BCUT2D eigenvalue weighted by Crippen LogP contribution is -2.07. The Morgan fingerprint density at radius 2 is 2.13 bits per heavy atom. The SMILES string of the molecule is Fc1cnc(OCc2cccs2)nc1NCc1ccc(Cl)nc1. The van der Waals surface area contributed by atoms with Gasteiger partial charge in [-0.1, -0.05) is 23.7 Å². The van der Waals surface area contributed by atoms with Crippen molar-refractivity contribution in [1.29, 1.82) is 0 Å². The lowest BCUT2D eigenvalue weighted by atomic mass is 10.3. The summed E-state index contributed by atoms with van der Waals surface area (Å²) in [4.78, 5) is 12.9. The molecule has 0 radical (unpaired) electrons. The average molecular weight is 351 g/mol. The van der Waals surface area contributed by atoms with Crippen LogP contribution in [0.1, 0.15) is 10.4 Å². The molecule has 0 saturated heterocycles. The summed E-state index contributed by atoms with van der Waals surface area (Å²) in [6, 6.07) is 7.47. The van der Waals surface area contributed by atoms with Gasteiger partial charge in [0, 0.05) is 17.6 Å². The quantitative estimate of drug-likeness (QED) is 0.683. The highest BCUT2D eigenvalue weighted by Gasteiger charge is 2.08. The van der Waals surface area contributed by atoms with E-state index < -0.39 is 5.82 Å². The van der Waals surface area contributed by atoms with Gasteiger partial charge >= 0.3 is 6.01 Å². The molecule has 0 spiro atoms. The zero-order valence-electron chi connectivity index (χ0n) is 11.9. The molecule has 3 rings (SSSR count). The number of hydrogen-bond donors (Lipinski definition) is 1. The summed E-state index contributed by atoms with van der Waals surface area (Å²) in [5, 5.41) is 5.26. The molecule has 23 heavy (non-hydrogen) atoms. The minimum atomic E-state index is -0.546. The first kappa shape index (κ1) is 15.6. The predicted octanol–water partition coefficient (Wildman–Crippen LogP) is 3.92. The number of anilines is 1. The van der Waals surface area contributed by atoms with Gasteiger partial charge in [-0.15, -0.1) is 11.3 Å². The van der Waals surface area contributed by atoms with E-state index in [-0.39, 0.29) is 11.8 Å². The monoisotopic (exact) mass is 350 g/mol. The largest absolute Gasteiger partial charge is 0.458 e. The Morgan fingerprint density at radius 1 is 1.22 bits per heavy atom. The summed E-state index contributed by atoms with van der Waals surface area (Å²) in [6.07, 6.45) is 2.70. The number of ether oxygens (including phenoxy) is 1. The lowest BCUT2D eigenvalue weighted by Gasteiger charge is -2.08. The normalized spacial score (nSPS) is 10.5. The molecule has 3 aromatic heterocycles. The van der Waals surface area contributed by atoms with Crippen LogP contribution in [0.2, 0.25) is 5.15 Å². The fraction of sp³-hybridized carbons (Fsp3) is 0.133. The molecule has 1 N–H and O–H groups in total. The third-order valence-electron chi connectivity index (χ3n) is 2.89. The molecule has 0 saturated carbocycles. The number of nitrogens with zero attached hydrogens (tertiary/aromatic N) is 3. The zero-order chi connectivity index (χ0) is 16.1. The molecule has 5 nitrogen and oxygen atoms in total. The van der Waals surface area contributed by atoms with Crippen LogP contribution in [0.5, 0.6) is 6.01 Å². The molecule has 0 aromatic carbocycles. The third-order valence-corrected chi connectivity index (χ3v) is 3.97. The summed E-state index contributed by atoms with van der Waals surface area (Å²) in [7, 11) is 0. The van der Waals surface area contributed by atoms with Crippen LogP contribution in [-0.2, 0) is 13.2 Å².